The van der Waals surface area contributed by atoms with Crippen molar-refractivity contribution >= 4 is 21.4 Å². The summed E-state index contributed by atoms with van der Waals surface area (Å²) in [6.45, 7) is 5.28. The third-order valence-corrected chi connectivity index (χ3v) is 5.85. The minimum atomic E-state index is -2.82. The van der Waals surface area contributed by atoms with Crippen molar-refractivity contribution in [2.24, 2.45) is 5.92 Å². The van der Waals surface area contributed by atoms with Gasteiger partial charge in [-0.2, -0.15) is 0 Å². The number of hydrogen-bond donors (Lipinski definition) is 1. The van der Waals surface area contributed by atoms with E-state index in [0.717, 1.165) is 17.7 Å². The lowest BCUT2D eigenvalue weighted by Gasteiger charge is -2.20. The number of nitrogens with one attached hydrogen (secondary N) is 1. The molecule has 0 amide bonds. The fraction of sp³-hybridized carbons (Fsp3) is 0.600. The Morgan fingerprint density at radius 1 is 1.48 bits per heavy atom. The van der Waals surface area contributed by atoms with Crippen LogP contribution in [0.2, 0.25) is 5.02 Å². The van der Waals surface area contributed by atoms with Crippen LogP contribution in [-0.4, -0.2) is 33.1 Å². The van der Waals surface area contributed by atoms with Gasteiger partial charge in [-0.05, 0) is 50.9 Å². The Morgan fingerprint density at radius 3 is 2.86 bits per heavy atom. The molecular formula is C15H22ClNO3S. The maximum absolute atomic E-state index is 11.5. The standard InChI is InChI=1S/C15H22ClNO3S/c1-3-20-15-5-4-13(16)8-14(15)11(2)17-9-12-6-7-21(18,19)10-12/h4-5,8,11-12,17H,3,6-7,9-10H2,1-2H3/t11-,12+/m0/s1. The minimum Gasteiger partial charge on any atom is -0.494 e. The Hall–Kier alpha value is -0.780. The molecule has 1 N–H and O–H groups in total. The molecule has 1 aromatic rings. The van der Waals surface area contributed by atoms with E-state index in [-0.39, 0.29) is 12.0 Å². The SMILES string of the molecule is CCOc1ccc(Cl)cc1[C@H](C)NC[C@H]1CCS(=O)(=O)C1. The Labute approximate surface area is 131 Å². The fourth-order valence-electron chi connectivity index (χ4n) is 2.63. The zero-order valence-corrected chi connectivity index (χ0v) is 14.0. The lowest BCUT2D eigenvalue weighted by atomic mass is 10.1. The first-order valence-corrected chi connectivity index (χ1v) is 9.47. The molecule has 1 fully saturated rings. The van der Waals surface area contributed by atoms with Crippen molar-refractivity contribution in [3.05, 3.63) is 28.8 Å². The monoisotopic (exact) mass is 331 g/mol. The van der Waals surface area contributed by atoms with Crippen molar-refractivity contribution in [3.8, 4) is 5.75 Å². The minimum absolute atomic E-state index is 0.0635. The van der Waals surface area contributed by atoms with Crippen LogP contribution in [0.25, 0.3) is 0 Å². The normalized spacial score (nSPS) is 22.1. The largest absolute Gasteiger partial charge is 0.494 e. The van der Waals surface area contributed by atoms with Crippen molar-refractivity contribution in [1.82, 2.24) is 5.32 Å². The van der Waals surface area contributed by atoms with Crippen molar-refractivity contribution in [1.29, 1.82) is 0 Å². The van der Waals surface area contributed by atoms with E-state index < -0.39 is 9.84 Å². The van der Waals surface area contributed by atoms with Crippen LogP contribution in [0.15, 0.2) is 18.2 Å². The second-order valence-corrected chi connectivity index (χ2v) is 8.18. The third kappa shape index (κ3) is 4.59. The van der Waals surface area contributed by atoms with Gasteiger partial charge >= 0.3 is 0 Å². The van der Waals surface area contributed by atoms with Crippen LogP contribution >= 0.6 is 11.6 Å². The molecule has 1 aliphatic rings. The molecule has 0 aromatic heterocycles. The first-order valence-electron chi connectivity index (χ1n) is 7.27. The Balaban J connectivity index is 2.00. The summed E-state index contributed by atoms with van der Waals surface area (Å²) in [5.41, 5.74) is 1.00. The molecule has 0 unspecified atom stereocenters. The number of halogens is 1. The highest BCUT2D eigenvalue weighted by Crippen LogP contribution is 2.29. The van der Waals surface area contributed by atoms with Gasteiger partial charge in [0.1, 0.15) is 5.75 Å². The number of sulfone groups is 1. The summed E-state index contributed by atoms with van der Waals surface area (Å²) in [5, 5.41) is 4.07. The maximum atomic E-state index is 11.5. The van der Waals surface area contributed by atoms with Gasteiger partial charge in [-0.15, -0.1) is 0 Å². The van der Waals surface area contributed by atoms with Crippen LogP contribution in [-0.2, 0) is 9.84 Å². The molecule has 1 saturated heterocycles. The molecule has 21 heavy (non-hydrogen) atoms. The second kappa shape index (κ2) is 6.99. The Kier molecular flexibility index (Phi) is 5.52. The molecule has 2 atom stereocenters. The molecule has 4 nitrogen and oxygen atoms in total. The molecule has 0 bridgehead atoms. The van der Waals surface area contributed by atoms with E-state index in [1.807, 2.05) is 32.0 Å². The van der Waals surface area contributed by atoms with E-state index >= 15 is 0 Å². The number of hydrogen-bond acceptors (Lipinski definition) is 4. The van der Waals surface area contributed by atoms with Gasteiger partial charge in [-0.25, -0.2) is 8.42 Å². The molecule has 1 aliphatic heterocycles. The number of rotatable bonds is 6. The quantitative estimate of drug-likeness (QED) is 0.871. The van der Waals surface area contributed by atoms with E-state index in [4.69, 9.17) is 16.3 Å². The van der Waals surface area contributed by atoms with Crippen LogP contribution in [0.4, 0.5) is 0 Å². The van der Waals surface area contributed by atoms with Crippen molar-refractivity contribution in [3.63, 3.8) is 0 Å². The highest BCUT2D eigenvalue weighted by Gasteiger charge is 2.28. The van der Waals surface area contributed by atoms with Crippen LogP contribution in [0.5, 0.6) is 5.75 Å². The fourth-order valence-corrected chi connectivity index (χ4v) is 4.67. The van der Waals surface area contributed by atoms with E-state index in [9.17, 15) is 8.42 Å². The van der Waals surface area contributed by atoms with Gasteiger partial charge < -0.3 is 10.1 Å². The predicted octanol–water partition coefficient (Wildman–Crippen LogP) is 2.82. The van der Waals surface area contributed by atoms with Crippen molar-refractivity contribution < 1.29 is 13.2 Å². The van der Waals surface area contributed by atoms with E-state index in [2.05, 4.69) is 5.32 Å². The summed E-state index contributed by atoms with van der Waals surface area (Å²) in [7, 11) is -2.82. The van der Waals surface area contributed by atoms with Gasteiger partial charge in [0.25, 0.3) is 0 Å². The van der Waals surface area contributed by atoms with E-state index in [1.54, 1.807) is 0 Å². The van der Waals surface area contributed by atoms with E-state index in [1.165, 1.54) is 0 Å². The molecule has 1 heterocycles. The summed E-state index contributed by atoms with van der Waals surface area (Å²) in [6.07, 6.45) is 0.746. The summed E-state index contributed by atoms with van der Waals surface area (Å²) < 4.78 is 28.6. The van der Waals surface area contributed by atoms with Gasteiger partial charge in [0.15, 0.2) is 9.84 Å². The first kappa shape index (κ1) is 16.6. The van der Waals surface area contributed by atoms with Gasteiger partial charge in [0.2, 0.25) is 0 Å². The lowest BCUT2D eigenvalue weighted by Crippen LogP contribution is -2.26. The maximum Gasteiger partial charge on any atom is 0.150 e. The van der Waals surface area contributed by atoms with Crippen molar-refractivity contribution in [2.75, 3.05) is 24.7 Å². The van der Waals surface area contributed by atoms with Gasteiger partial charge in [0.05, 0.1) is 18.1 Å². The van der Waals surface area contributed by atoms with Crippen LogP contribution in [0.3, 0.4) is 0 Å². The summed E-state index contributed by atoms with van der Waals surface area (Å²) in [5.74, 6) is 1.63. The molecule has 0 aliphatic carbocycles. The highest BCUT2D eigenvalue weighted by atomic mass is 35.5. The van der Waals surface area contributed by atoms with Crippen molar-refractivity contribution in [2.45, 2.75) is 26.3 Å². The molecule has 0 radical (unpaired) electrons. The lowest BCUT2D eigenvalue weighted by molar-refractivity contribution is 0.331. The zero-order chi connectivity index (χ0) is 15.5. The van der Waals surface area contributed by atoms with Crippen LogP contribution in [0, 0.1) is 5.92 Å². The van der Waals surface area contributed by atoms with E-state index in [0.29, 0.717) is 29.7 Å². The first-order chi connectivity index (χ1) is 9.91. The van der Waals surface area contributed by atoms with Gasteiger partial charge in [0, 0.05) is 16.6 Å². The van der Waals surface area contributed by atoms with Gasteiger partial charge in [-0.3, -0.25) is 0 Å². The molecule has 0 saturated carbocycles. The van der Waals surface area contributed by atoms with Crippen LogP contribution < -0.4 is 10.1 Å². The van der Waals surface area contributed by atoms with Gasteiger partial charge in [-0.1, -0.05) is 11.6 Å². The highest BCUT2D eigenvalue weighted by molar-refractivity contribution is 7.91. The molecule has 118 valence electrons. The third-order valence-electron chi connectivity index (χ3n) is 3.78. The zero-order valence-electron chi connectivity index (χ0n) is 12.4. The summed E-state index contributed by atoms with van der Waals surface area (Å²) in [4.78, 5) is 0. The molecule has 2 rings (SSSR count). The summed E-state index contributed by atoms with van der Waals surface area (Å²) in [6, 6.07) is 5.65. The second-order valence-electron chi connectivity index (χ2n) is 5.51. The summed E-state index contributed by atoms with van der Waals surface area (Å²) >= 11 is 6.06. The molecule has 1 aromatic carbocycles. The Bertz CT molecular complexity index is 589. The number of ether oxygens (including phenoxy) is 1. The molecular weight excluding hydrogens is 310 g/mol. The average molecular weight is 332 g/mol. The topological polar surface area (TPSA) is 55.4 Å². The predicted molar refractivity (Wildman–Crippen MR) is 85.8 cm³/mol. The molecule has 0 spiro atoms. The molecule has 6 heteroatoms. The number of benzene rings is 1. The Morgan fingerprint density at radius 2 is 2.24 bits per heavy atom. The smallest absolute Gasteiger partial charge is 0.150 e. The average Bonchev–Trinajstić information content (AvgIpc) is 2.78. The van der Waals surface area contributed by atoms with Crippen LogP contribution in [0.1, 0.15) is 31.9 Å².